The van der Waals surface area contributed by atoms with E-state index in [0.717, 1.165) is 5.69 Å². The van der Waals surface area contributed by atoms with Crippen LogP contribution in [0.5, 0.6) is 0 Å². The molecule has 5 heteroatoms. The first-order valence-corrected chi connectivity index (χ1v) is 4.59. The first-order chi connectivity index (χ1) is 7.18. The number of hydrogen-bond donors (Lipinski definition) is 1. The van der Waals surface area contributed by atoms with Crippen molar-refractivity contribution in [3.8, 4) is 5.69 Å². The monoisotopic (exact) mass is 222 g/mol. The average molecular weight is 223 g/mol. The summed E-state index contributed by atoms with van der Waals surface area (Å²) in [6, 6.07) is 7.99. The molecule has 0 aliphatic carbocycles. The van der Waals surface area contributed by atoms with E-state index in [-0.39, 0.29) is 5.56 Å². The molecule has 76 valence electrons. The SMILES string of the molecule is O=C(O)c1ccc(-n2nccc2Cl)cc1. The lowest BCUT2D eigenvalue weighted by atomic mass is 10.2. The number of halogens is 1. The quantitative estimate of drug-likeness (QED) is 0.848. The molecule has 0 unspecified atom stereocenters. The van der Waals surface area contributed by atoms with Crippen LogP contribution in [0.4, 0.5) is 0 Å². The fraction of sp³-hybridized carbons (Fsp3) is 0. The minimum Gasteiger partial charge on any atom is -0.478 e. The molecule has 0 aliphatic rings. The van der Waals surface area contributed by atoms with E-state index in [2.05, 4.69) is 5.10 Å². The Kier molecular flexibility index (Phi) is 2.43. The number of aromatic carboxylic acids is 1. The molecule has 0 atom stereocenters. The number of carbonyl (C=O) groups is 1. The third-order valence-electron chi connectivity index (χ3n) is 1.96. The summed E-state index contributed by atoms with van der Waals surface area (Å²) in [4.78, 5) is 10.6. The van der Waals surface area contributed by atoms with Gasteiger partial charge in [0.25, 0.3) is 0 Å². The van der Waals surface area contributed by atoms with Crippen LogP contribution in [0, 0.1) is 0 Å². The van der Waals surface area contributed by atoms with Crippen molar-refractivity contribution in [1.29, 1.82) is 0 Å². The Bertz CT molecular complexity index is 490. The summed E-state index contributed by atoms with van der Waals surface area (Å²) < 4.78 is 1.52. The van der Waals surface area contributed by atoms with E-state index in [0.29, 0.717) is 5.15 Å². The number of nitrogens with zero attached hydrogens (tertiary/aromatic N) is 2. The third-order valence-corrected chi connectivity index (χ3v) is 2.24. The molecular formula is C10H7ClN2O2. The predicted octanol–water partition coefficient (Wildman–Crippen LogP) is 2.22. The fourth-order valence-corrected chi connectivity index (χ4v) is 1.42. The molecule has 2 aromatic rings. The fourth-order valence-electron chi connectivity index (χ4n) is 1.22. The van der Waals surface area contributed by atoms with Crippen LogP contribution < -0.4 is 0 Å². The Labute approximate surface area is 90.7 Å². The van der Waals surface area contributed by atoms with Crippen LogP contribution in [-0.4, -0.2) is 20.9 Å². The van der Waals surface area contributed by atoms with Gasteiger partial charge >= 0.3 is 5.97 Å². The summed E-state index contributed by atoms with van der Waals surface area (Å²) in [7, 11) is 0. The predicted molar refractivity (Wildman–Crippen MR) is 55.5 cm³/mol. The average Bonchev–Trinajstić information content (AvgIpc) is 2.65. The summed E-state index contributed by atoms with van der Waals surface area (Å²) in [6.07, 6.45) is 1.58. The minimum absolute atomic E-state index is 0.238. The second-order valence-corrected chi connectivity index (χ2v) is 3.31. The van der Waals surface area contributed by atoms with Gasteiger partial charge < -0.3 is 5.11 Å². The van der Waals surface area contributed by atoms with Crippen molar-refractivity contribution >= 4 is 17.6 Å². The van der Waals surface area contributed by atoms with Gasteiger partial charge in [0.1, 0.15) is 5.15 Å². The molecule has 0 saturated carbocycles. The molecule has 1 heterocycles. The highest BCUT2D eigenvalue weighted by Crippen LogP contribution is 2.15. The molecule has 0 saturated heterocycles. The molecule has 0 aliphatic heterocycles. The highest BCUT2D eigenvalue weighted by atomic mass is 35.5. The summed E-state index contributed by atoms with van der Waals surface area (Å²) in [5.41, 5.74) is 0.969. The number of hydrogen-bond acceptors (Lipinski definition) is 2. The highest BCUT2D eigenvalue weighted by Gasteiger charge is 2.04. The van der Waals surface area contributed by atoms with Crippen LogP contribution in [-0.2, 0) is 0 Å². The molecule has 0 fully saturated rings. The molecule has 0 spiro atoms. The van der Waals surface area contributed by atoms with Crippen LogP contribution in [0.3, 0.4) is 0 Å². The standard InChI is InChI=1S/C10H7ClN2O2/c11-9-5-6-12-13(9)8-3-1-7(2-4-8)10(14)15/h1-6H,(H,14,15). The molecule has 0 radical (unpaired) electrons. The number of benzene rings is 1. The Morgan fingerprint density at radius 3 is 2.40 bits per heavy atom. The number of carboxylic acid groups (broad SMARTS) is 1. The zero-order valence-electron chi connectivity index (χ0n) is 7.59. The normalized spacial score (nSPS) is 10.2. The minimum atomic E-state index is -0.951. The first kappa shape index (κ1) is 9.73. The number of rotatable bonds is 2. The van der Waals surface area contributed by atoms with Gasteiger partial charge in [-0.15, -0.1) is 0 Å². The molecule has 1 N–H and O–H groups in total. The van der Waals surface area contributed by atoms with E-state index < -0.39 is 5.97 Å². The number of carboxylic acids is 1. The van der Waals surface area contributed by atoms with Crippen molar-refractivity contribution in [1.82, 2.24) is 9.78 Å². The van der Waals surface area contributed by atoms with Gasteiger partial charge in [0, 0.05) is 0 Å². The van der Waals surface area contributed by atoms with Crippen LogP contribution in [0.15, 0.2) is 36.5 Å². The molecule has 4 nitrogen and oxygen atoms in total. The first-order valence-electron chi connectivity index (χ1n) is 4.22. The van der Waals surface area contributed by atoms with Gasteiger partial charge in [0.05, 0.1) is 17.4 Å². The van der Waals surface area contributed by atoms with Crippen molar-refractivity contribution in [2.24, 2.45) is 0 Å². The summed E-state index contributed by atoms with van der Waals surface area (Å²) >= 11 is 5.86. The van der Waals surface area contributed by atoms with Crippen molar-refractivity contribution in [2.75, 3.05) is 0 Å². The lowest BCUT2D eigenvalue weighted by molar-refractivity contribution is 0.0697. The summed E-state index contributed by atoms with van der Waals surface area (Å²) in [6.45, 7) is 0. The molecule has 0 amide bonds. The second kappa shape index (κ2) is 3.74. The maximum absolute atomic E-state index is 10.6. The lowest BCUT2D eigenvalue weighted by Gasteiger charge is -2.02. The van der Waals surface area contributed by atoms with Crippen LogP contribution in [0.1, 0.15) is 10.4 Å². The molecule has 15 heavy (non-hydrogen) atoms. The maximum atomic E-state index is 10.6. The zero-order valence-corrected chi connectivity index (χ0v) is 8.35. The summed E-state index contributed by atoms with van der Waals surface area (Å²) in [5, 5.41) is 13.2. The topological polar surface area (TPSA) is 55.1 Å². The van der Waals surface area contributed by atoms with Gasteiger partial charge in [-0.2, -0.15) is 5.10 Å². The van der Waals surface area contributed by atoms with Crippen LogP contribution in [0.25, 0.3) is 5.69 Å². The van der Waals surface area contributed by atoms with Crippen molar-refractivity contribution in [3.05, 3.63) is 47.2 Å². The van der Waals surface area contributed by atoms with Gasteiger partial charge in [-0.1, -0.05) is 11.6 Å². The van der Waals surface area contributed by atoms with Crippen molar-refractivity contribution in [2.45, 2.75) is 0 Å². The molecule has 2 rings (SSSR count). The van der Waals surface area contributed by atoms with Gasteiger partial charge in [0.2, 0.25) is 0 Å². The van der Waals surface area contributed by atoms with Gasteiger partial charge in [-0.3, -0.25) is 0 Å². The maximum Gasteiger partial charge on any atom is 0.335 e. The Morgan fingerprint density at radius 1 is 1.27 bits per heavy atom. The van der Waals surface area contributed by atoms with Gasteiger partial charge in [0.15, 0.2) is 0 Å². The van der Waals surface area contributed by atoms with Crippen molar-refractivity contribution in [3.63, 3.8) is 0 Å². The largest absolute Gasteiger partial charge is 0.478 e. The van der Waals surface area contributed by atoms with E-state index in [1.54, 1.807) is 24.4 Å². The summed E-state index contributed by atoms with van der Waals surface area (Å²) in [5.74, 6) is -0.951. The molecule has 1 aromatic carbocycles. The molecule has 0 bridgehead atoms. The van der Waals surface area contributed by atoms with E-state index in [9.17, 15) is 4.79 Å². The Morgan fingerprint density at radius 2 is 1.93 bits per heavy atom. The molecular weight excluding hydrogens is 216 g/mol. The van der Waals surface area contributed by atoms with Crippen molar-refractivity contribution < 1.29 is 9.90 Å². The van der Waals surface area contributed by atoms with Gasteiger partial charge in [-0.25, -0.2) is 9.48 Å². The van der Waals surface area contributed by atoms with Gasteiger partial charge in [-0.05, 0) is 30.3 Å². The van der Waals surface area contributed by atoms with E-state index in [1.165, 1.54) is 16.8 Å². The highest BCUT2D eigenvalue weighted by molar-refractivity contribution is 6.29. The Balaban J connectivity index is 2.40. The van der Waals surface area contributed by atoms with E-state index in [1.807, 2.05) is 0 Å². The smallest absolute Gasteiger partial charge is 0.335 e. The number of aromatic nitrogens is 2. The van der Waals surface area contributed by atoms with E-state index >= 15 is 0 Å². The van der Waals surface area contributed by atoms with E-state index in [4.69, 9.17) is 16.7 Å². The third kappa shape index (κ3) is 1.85. The van der Waals surface area contributed by atoms with Crippen LogP contribution in [0.2, 0.25) is 5.15 Å². The zero-order chi connectivity index (χ0) is 10.8. The second-order valence-electron chi connectivity index (χ2n) is 2.92. The lowest BCUT2D eigenvalue weighted by Crippen LogP contribution is -1.99. The Hall–Kier alpha value is -1.81. The molecule has 1 aromatic heterocycles. The van der Waals surface area contributed by atoms with Crippen LogP contribution >= 0.6 is 11.6 Å².